The van der Waals surface area contributed by atoms with E-state index in [2.05, 4.69) is 0 Å². The highest BCUT2D eigenvalue weighted by atomic mass is 16.6. The molecule has 1 aromatic rings. The summed E-state index contributed by atoms with van der Waals surface area (Å²) in [5, 5.41) is 11.1. The van der Waals surface area contributed by atoms with Crippen LogP contribution in [0, 0.1) is 10.1 Å². The Labute approximate surface area is 126 Å². The molecule has 1 fully saturated rings. The van der Waals surface area contributed by atoms with Crippen LogP contribution in [0.1, 0.15) is 23.2 Å². The Bertz CT molecular complexity index is 601. The lowest BCUT2D eigenvalue weighted by Crippen LogP contribution is -2.29. The number of likely N-dealkylation sites (tertiary alicyclic amines) is 1. The van der Waals surface area contributed by atoms with Crippen LogP contribution in [0.15, 0.2) is 12.1 Å². The molecule has 0 atom stereocenters. The molecule has 1 heterocycles. The topological polar surface area (TPSA) is 99.0 Å². The third-order valence-electron chi connectivity index (χ3n) is 3.43. The predicted octanol–water partition coefficient (Wildman–Crippen LogP) is 1.42. The average molecular weight is 308 g/mol. The monoisotopic (exact) mass is 308 g/mol. The Morgan fingerprint density at radius 1 is 1.45 bits per heavy atom. The SMILES string of the molecule is COc1c(OCCN2CCCC2=O)ccc(C=O)c1[N+](=O)[O-]. The molecule has 0 N–H and O–H groups in total. The molecule has 8 heteroatoms. The number of hydrogen-bond donors (Lipinski definition) is 0. The van der Waals surface area contributed by atoms with Crippen molar-refractivity contribution in [2.45, 2.75) is 12.8 Å². The van der Waals surface area contributed by atoms with Crippen molar-refractivity contribution in [1.29, 1.82) is 0 Å². The van der Waals surface area contributed by atoms with Gasteiger partial charge in [0.25, 0.3) is 0 Å². The van der Waals surface area contributed by atoms with E-state index < -0.39 is 10.6 Å². The fraction of sp³-hybridized carbons (Fsp3) is 0.429. The van der Waals surface area contributed by atoms with E-state index in [1.807, 2.05) is 0 Å². The largest absolute Gasteiger partial charge is 0.488 e. The Morgan fingerprint density at radius 3 is 2.77 bits per heavy atom. The molecule has 22 heavy (non-hydrogen) atoms. The van der Waals surface area contributed by atoms with Crippen LogP contribution in [-0.2, 0) is 4.79 Å². The average Bonchev–Trinajstić information content (AvgIpc) is 2.91. The molecule has 0 aliphatic carbocycles. The molecule has 0 unspecified atom stereocenters. The lowest BCUT2D eigenvalue weighted by Gasteiger charge is -2.17. The lowest BCUT2D eigenvalue weighted by atomic mass is 10.1. The summed E-state index contributed by atoms with van der Waals surface area (Å²) in [5.74, 6) is 0.159. The number of nitro groups is 1. The summed E-state index contributed by atoms with van der Waals surface area (Å²) in [7, 11) is 1.27. The van der Waals surface area contributed by atoms with Crippen LogP contribution >= 0.6 is 0 Å². The summed E-state index contributed by atoms with van der Waals surface area (Å²) in [6, 6.07) is 2.76. The van der Waals surface area contributed by atoms with Gasteiger partial charge in [-0.2, -0.15) is 0 Å². The van der Waals surface area contributed by atoms with E-state index in [0.717, 1.165) is 6.42 Å². The number of carbonyl (C=O) groups excluding carboxylic acids is 2. The number of hydrogen-bond acceptors (Lipinski definition) is 6. The summed E-state index contributed by atoms with van der Waals surface area (Å²) in [6.07, 6.45) is 1.78. The molecular formula is C14H16N2O6. The molecule has 1 saturated heterocycles. The van der Waals surface area contributed by atoms with Crippen molar-refractivity contribution in [2.75, 3.05) is 26.8 Å². The molecule has 1 amide bonds. The Morgan fingerprint density at radius 2 is 2.23 bits per heavy atom. The van der Waals surface area contributed by atoms with Gasteiger partial charge in [-0.05, 0) is 18.6 Å². The van der Waals surface area contributed by atoms with Gasteiger partial charge in [0.2, 0.25) is 11.7 Å². The molecule has 118 valence electrons. The Kier molecular flexibility index (Phi) is 4.92. The predicted molar refractivity (Wildman–Crippen MR) is 76.3 cm³/mol. The normalized spacial score (nSPS) is 14.0. The van der Waals surface area contributed by atoms with Crippen LogP contribution < -0.4 is 9.47 Å². The van der Waals surface area contributed by atoms with Crippen molar-refractivity contribution in [3.8, 4) is 11.5 Å². The molecule has 0 saturated carbocycles. The van der Waals surface area contributed by atoms with Crippen molar-refractivity contribution in [2.24, 2.45) is 0 Å². The van der Waals surface area contributed by atoms with Crippen LogP contribution in [0.4, 0.5) is 5.69 Å². The maximum absolute atomic E-state index is 11.5. The zero-order chi connectivity index (χ0) is 16.1. The van der Waals surface area contributed by atoms with Gasteiger partial charge in [0.1, 0.15) is 6.61 Å². The molecule has 0 bridgehead atoms. The van der Waals surface area contributed by atoms with Crippen molar-refractivity contribution in [1.82, 2.24) is 4.90 Å². The molecular weight excluding hydrogens is 292 g/mol. The minimum Gasteiger partial charge on any atom is -0.488 e. The quantitative estimate of drug-likeness (QED) is 0.429. The third-order valence-corrected chi connectivity index (χ3v) is 3.43. The number of methoxy groups -OCH3 is 1. The number of rotatable bonds is 7. The van der Waals surface area contributed by atoms with Crippen LogP contribution in [0.5, 0.6) is 11.5 Å². The van der Waals surface area contributed by atoms with Crippen LogP contribution in [0.25, 0.3) is 0 Å². The highest BCUT2D eigenvalue weighted by molar-refractivity contribution is 5.85. The van der Waals surface area contributed by atoms with Gasteiger partial charge in [-0.15, -0.1) is 0 Å². The molecule has 0 spiro atoms. The smallest absolute Gasteiger partial charge is 0.325 e. The van der Waals surface area contributed by atoms with Gasteiger partial charge >= 0.3 is 5.69 Å². The Balaban J connectivity index is 2.13. The van der Waals surface area contributed by atoms with Crippen molar-refractivity contribution in [3.05, 3.63) is 27.8 Å². The highest BCUT2D eigenvalue weighted by Gasteiger charge is 2.25. The van der Waals surface area contributed by atoms with E-state index in [4.69, 9.17) is 9.47 Å². The van der Waals surface area contributed by atoms with E-state index in [-0.39, 0.29) is 29.6 Å². The van der Waals surface area contributed by atoms with Crippen LogP contribution in [-0.4, -0.2) is 48.8 Å². The van der Waals surface area contributed by atoms with E-state index in [9.17, 15) is 19.7 Å². The number of nitro benzene ring substituents is 1. The molecule has 0 radical (unpaired) electrons. The molecule has 1 aromatic carbocycles. The van der Waals surface area contributed by atoms with Crippen molar-refractivity contribution in [3.63, 3.8) is 0 Å². The number of carbonyl (C=O) groups is 2. The van der Waals surface area contributed by atoms with Gasteiger partial charge in [0, 0.05) is 13.0 Å². The van der Waals surface area contributed by atoms with Gasteiger partial charge in [-0.1, -0.05) is 0 Å². The van der Waals surface area contributed by atoms with Gasteiger partial charge in [-0.25, -0.2) is 0 Å². The summed E-state index contributed by atoms with van der Waals surface area (Å²) >= 11 is 0. The number of aldehydes is 1. The first-order valence-electron chi connectivity index (χ1n) is 6.79. The Hall–Kier alpha value is -2.64. The second kappa shape index (κ2) is 6.88. The second-order valence-electron chi connectivity index (χ2n) is 4.74. The van der Waals surface area contributed by atoms with E-state index in [1.54, 1.807) is 4.90 Å². The zero-order valence-corrected chi connectivity index (χ0v) is 12.1. The number of ether oxygens (including phenoxy) is 2. The minimum atomic E-state index is -0.681. The molecule has 1 aliphatic rings. The summed E-state index contributed by atoms with van der Waals surface area (Å²) < 4.78 is 10.5. The minimum absolute atomic E-state index is 0.0797. The maximum atomic E-state index is 11.5. The first kappa shape index (κ1) is 15.7. The second-order valence-corrected chi connectivity index (χ2v) is 4.74. The molecule has 2 rings (SSSR count). The van der Waals surface area contributed by atoms with E-state index in [0.29, 0.717) is 25.8 Å². The third kappa shape index (κ3) is 3.16. The van der Waals surface area contributed by atoms with Crippen LogP contribution in [0.3, 0.4) is 0 Å². The zero-order valence-electron chi connectivity index (χ0n) is 12.1. The standard InChI is InChI=1S/C14H16N2O6/c1-21-14-11(5-4-10(9-17)13(14)16(19)20)22-8-7-15-6-2-3-12(15)18/h4-5,9H,2-3,6-8H2,1H3. The summed E-state index contributed by atoms with van der Waals surface area (Å²) in [6.45, 7) is 1.30. The van der Waals surface area contributed by atoms with Gasteiger partial charge in [0.15, 0.2) is 12.0 Å². The lowest BCUT2D eigenvalue weighted by molar-refractivity contribution is -0.386. The maximum Gasteiger partial charge on any atom is 0.325 e. The fourth-order valence-electron chi connectivity index (χ4n) is 2.37. The summed E-state index contributed by atoms with van der Waals surface area (Å²) in [4.78, 5) is 34.5. The first-order valence-corrected chi connectivity index (χ1v) is 6.79. The van der Waals surface area contributed by atoms with Crippen LogP contribution in [0.2, 0.25) is 0 Å². The van der Waals surface area contributed by atoms with Crippen molar-refractivity contribution >= 4 is 17.9 Å². The fourth-order valence-corrected chi connectivity index (χ4v) is 2.37. The van der Waals surface area contributed by atoms with E-state index in [1.165, 1.54) is 19.2 Å². The van der Waals surface area contributed by atoms with E-state index >= 15 is 0 Å². The van der Waals surface area contributed by atoms with Gasteiger partial charge in [0.05, 0.1) is 24.1 Å². The number of nitrogens with zero attached hydrogens (tertiary/aromatic N) is 2. The highest BCUT2D eigenvalue weighted by Crippen LogP contribution is 2.38. The van der Waals surface area contributed by atoms with Crippen molar-refractivity contribution < 1.29 is 24.0 Å². The number of amides is 1. The molecule has 8 nitrogen and oxygen atoms in total. The summed E-state index contributed by atoms with van der Waals surface area (Å²) in [5.41, 5.74) is -0.504. The number of benzene rings is 1. The van der Waals surface area contributed by atoms with Gasteiger partial charge in [-0.3, -0.25) is 19.7 Å². The van der Waals surface area contributed by atoms with Gasteiger partial charge < -0.3 is 14.4 Å². The first-order chi connectivity index (χ1) is 10.6. The molecule has 1 aliphatic heterocycles. The molecule has 0 aromatic heterocycles.